The molecule has 0 atom stereocenters. The standard InChI is InChI=1S/C14H24N4O/c1-10(2)8-18(9-11(3)4)14(19)12-5-6-16-13(7-12)17-15/h5-7,10-11H,8-9,15H2,1-4H3,(H,16,17). The molecule has 0 radical (unpaired) electrons. The molecule has 0 aliphatic heterocycles. The molecule has 0 saturated heterocycles. The third-order valence-corrected chi connectivity index (χ3v) is 2.61. The summed E-state index contributed by atoms with van der Waals surface area (Å²) in [7, 11) is 0. The molecule has 1 heterocycles. The lowest BCUT2D eigenvalue weighted by Gasteiger charge is -2.26. The summed E-state index contributed by atoms with van der Waals surface area (Å²) in [6, 6.07) is 3.40. The van der Waals surface area contributed by atoms with E-state index in [1.807, 2.05) is 4.90 Å². The second-order valence-corrected chi connectivity index (χ2v) is 5.57. The number of hydrazine groups is 1. The Hall–Kier alpha value is -1.62. The molecule has 0 saturated carbocycles. The van der Waals surface area contributed by atoms with Crippen molar-refractivity contribution >= 4 is 11.7 Å². The minimum Gasteiger partial charge on any atom is -0.338 e. The highest BCUT2D eigenvalue weighted by molar-refractivity contribution is 5.94. The lowest BCUT2D eigenvalue weighted by molar-refractivity contribution is 0.0715. The Labute approximate surface area is 115 Å². The molecule has 3 N–H and O–H groups in total. The first-order chi connectivity index (χ1) is 8.93. The lowest BCUT2D eigenvalue weighted by Crippen LogP contribution is -2.37. The van der Waals surface area contributed by atoms with E-state index in [4.69, 9.17) is 5.84 Å². The van der Waals surface area contributed by atoms with Gasteiger partial charge in [-0.25, -0.2) is 10.8 Å². The highest BCUT2D eigenvalue weighted by Gasteiger charge is 2.18. The predicted octanol–water partition coefficient (Wildman–Crippen LogP) is 2.12. The van der Waals surface area contributed by atoms with Crippen molar-refractivity contribution in [1.82, 2.24) is 9.88 Å². The molecule has 1 amide bonds. The maximum Gasteiger partial charge on any atom is 0.254 e. The average Bonchev–Trinajstić information content (AvgIpc) is 2.36. The summed E-state index contributed by atoms with van der Waals surface area (Å²) in [5.74, 6) is 6.73. The van der Waals surface area contributed by atoms with E-state index in [-0.39, 0.29) is 5.91 Å². The van der Waals surface area contributed by atoms with Gasteiger partial charge in [-0.1, -0.05) is 27.7 Å². The number of nitrogens with two attached hydrogens (primary N) is 1. The van der Waals surface area contributed by atoms with E-state index < -0.39 is 0 Å². The number of carbonyl (C=O) groups is 1. The number of nitrogens with one attached hydrogen (secondary N) is 1. The molecule has 5 nitrogen and oxygen atoms in total. The molecule has 19 heavy (non-hydrogen) atoms. The lowest BCUT2D eigenvalue weighted by atomic mass is 10.1. The summed E-state index contributed by atoms with van der Waals surface area (Å²) in [6.07, 6.45) is 1.59. The van der Waals surface area contributed by atoms with E-state index in [0.29, 0.717) is 23.2 Å². The van der Waals surface area contributed by atoms with Crippen LogP contribution >= 0.6 is 0 Å². The zero-order valence-electron chi connectivity index (χ0n) is 12.2. The van der Waals surface area contributed by atoms with Crippen molar-refractivity contribution in [1.29, 1.82) is 0 Å². The van der Waals surface area contributed by atoms with Crippen LogP contribution in [0.15, 0.2) is 18.3 Å². The molecule has 1 aromatic heterocycles. The monoisotopic (exact) mass is 264 g/mol. The molecule has 0 bridgehead atoms. The molecule has 0 aliphatic carbocycles. The molecule has 1 rings (SSSR count). The Morgan fingerprint density at radius 1 is 1.32 bits per heavy atom. The number of anilines is 1. The van der Waals surface area contributed by atoms with Gasteiger partial charge >= 0.3 is 0 Å². The van der Waals surface area contributed by atoms with Gasteiger partial charge in [0, 0.05) is 24.8 Å². The molecule has 0 aliphatic rings. The molecule has 1 aromatic rings. The van der Waals surface area contributed by atoms with E-state index in [1.54, 1.807) is 18.3 Å². The second-order valence-electron chi connectivity index (χ2n) is 5.57. The fourth-order valence-electron chi connectivity index (χ4n) is 1.95. The van der Waals surface area contributed by atoms with Gasteiger partial charge in [0.2, 0.25) is 0 Å². The molecule has 0 unspecified atom stereocenters. The largest absolute Gasteiger partial charge is 0.338 e. The van der Waals surface area contributed by atoms with Gasteiger partial charge in [0.1, 0.15) is 5.82 Å². The SMILES string of the molecule is CC(C)CN(CC(C)C)C(=O)c1ccnc(NN)c1. The first kappa shape index (κ1) is 15.4. The van der Waals surface area contributed by atoms with Crippen LogP contribution in [-0.2, 0) is 0 Å². The molecular weight excluding hydrogens is 240 g/mol. The summed E-state index contributed by atoms with van der Waals surface area (Å²) in [5.41, 5.74) is 3.08. The molecule has 0 aromatic carbocycles. The van der Waals surface area contributed by atoms with Gasteiger partial charge < -0.3 is 10.3 Å². The number of rotatable bonds is 6. The van der Waals surface area contributed by atoms with Crippen molar-refractivity contribution in [2.75, 3.05) is 18.5 Å². The van der Waals surface area contributed by atoms with Crippen LogP contribution in [-0.4, -0.2) is 28.9 Å². The van der Waals surface area contributed by atoms with Crippen LogP contribution in [0, 0.1) is 11.8 Å². The first-order valence-corrected chi connectivity index (χ1v) is 6.66. The Balaban J connectivity index is 2.90. The van der Waals surface area contributed by atoms with Gasteiger partial charge in [-0.2, -0.15) is 0 Å². The summed E-state index contributed by atoms with van der Waals surface area (Å²) in [6.45, 7) is 9.95. The van der Waals surface area contributed by atoms with Gasteiger partial charge in [-0.15, -0.1) is 0 Å². The van der Waals surface area contributed by atoms with Crippen molar-refractivity contribution in [3.8, 4) is 0 Å². The van der Waals surface area contributed by atoms with Gasteiger partial charge in [0.05, 0.1) is 0 Å². The summed E-state index contributed by atoms with van der Waals surface area (Å²) in [5, 5.41) is 0. The van der Waals surface area contributed by atoms with Crippen molar-refractivity contribution in [2.45, 2.75) is 27.7 Å². The number of amides is 1. The highest BCUT2D eigenvalue weighted by atomic mass is 16.2. The van der Waals surface area contributed by atoms with Crippen LogP contribution in [0.25, 0.3) is 0 Å². The Bertz CT molecular complexity index is 408. The van der Waals surface area contributed by atoms with E-state index in [2.05, 4.69) is 38.1 Å². The molecular formula is C14H24N4O. The molecule has 5 heteroatoms. The Kier molecular flexibility index (Phi) is 5.76. The fourth-order valence-corrected chi connectivity index (χ4v) is 1.95. The van der Waals surface area contributed by atoms with E-state index >= 15 is 0 Å². The zero-order chi connectivity index (χ0) is 14.4. The van der Waals surface area contributed by atoms with Crippen molar-refractivity contribution in [2.24, 2.45) is 17.7 Å². The third-order valence-electron chi connectivity index (χ3n) is 2.61. The summed E-state index contributed by atoms with van der Waals surface area (Å²) < 4.78 is 0. The smallest absolute Gasteiger partial charge is 0.254 e. The topological polar surface area (TPSA) is 71.2 Å². The predicted molar refractivity (Wildman–Crippen MR) is 77.6 cm³/mol. The Morgan fingerprint density at radius 3 is 2.37 bits per heavy atom. The van der Waals surface area contributed by atoms with Crippen LogP contribution in [0.3, 0.4) is 0 Å². The van der Waals surface area contributed by atoms with Crippen molar-refractivity contribution in [3.63, 3.8) is 0 Å². The maximum atomic E-state index is 12.5. The summed E-state index contributed by atoms with van der Waals surface area (Å²) >= 11 is 0. The summed E-state index contributed by atoms with van der Waals surface area (Å²) in [4.78, 5) is 18.4. The van der Waals surface area contributed by atoms with Crippen LogP contribution < -0.4 is 11.3 Å². The van der Waals surface area contributed by atoms with Gasteiger partial charge in [0.15, 0.2) is 0 Å². The van der Waals surface area contributed by atoms with Crippen LogP contribution in [0.2, 0.25) is 0 Å². The van der Waals surface area contributed by atoms with Gasteiger partial charge in [-0.05, 0) is 24.0 Å². The van der Waals surface area contributed by atoms with E-state index in [0.717, 1.165) is 13.1 Å². The Morgan fingerprint density at radius 2 is 1.89 bits per heavy atom. The van der Waals surface area contributed by atoms with Crippen molar-refractivity contribution in [3.05, 3.63) is 23.9 Å². The number of hydrogen-bond acceptors (Lipinski definition) is 4. The van der Waals surface area contributed by atoms with Gasteiger partial charge in [-0.3, -0.25) is 4.79 Å². The minimum atomic E-state index is 0.0290. The number of nitrogens with zero attached hydrogens (tertiary/aromatic N) is 2. The second kappa shape index (κ2) is 7.09. The van der Waals surface area contributed by atoms with E-state index in [9.17, 15) is 4.79 Å². The first-order valence-electron chi connectivity index (χ1n) is 6.66. The van der Waals surface area contributed by atoms with Crippen LogP contribution in [0.5, 0.6) is 0 Å². The number of aromatic nitrogens is 1. The fraction of sp³-hybridized carbons (Fsp3) is 0.571. The van der Waals surface area contributed by atoms with E-state index in [1.165, 1.54) is 0 Å². The molecule has 0 spiro atoms. The third kappa shape index (κ3) is 4.87. The quantitative estimate of drug-likeness (QED) is 0.610. The number of carbonyl (C=O) groups excluding carboxylic acids is 1. The highest BCUT2D eigenvalue weighted by Crippen LogP contribution is 2.12. The number of hydrogen-bond donors (Lipinski definition) is 2. The average molecular weight is 264 g/mol. The number of nitrogen functional groups attached to an aromatic ring is 1. The minimum absolute atomic E-state index is 0.0290. The van der Waals surface area contributed by atoms with Crippen molar-refractivity contribution < 1.29 is 4.79 Å². The molecule has 106 valence electrons. The zero-order valence-corrected chi connectivity index (χ0v) is 12.2. The maximum absolute atomic E-state index is 12.5. The normalized spacial score (nSPS) is 10.9. The van der Waals surface area contributed by atoms with Crippen LogP contribution in [0.1, 0.15) is 38.1 Å². The van der Waals surface area contributed by atoms with Gasteiger partial charge in [0.25, 0.3) is 5.91 Å². The number of pyridine rings is 1. The van der Waals surface area contributed by atoms with Crippen LogP contribution in [0.4, 0.5) is 5.82 Å². The molecule has 0 fully saturated rings.